The predicted molar refractivity (Wildman–Crippen MR) is 104 cm³/mol. The van der Waals surface area contributed by atoms with E-state index in [4.69, 9.17) is 4.74 Å². The number of aromatic amines is 1. The van der Waals surface area contributed by atoms with E-state index >= 15 is 0 Å². The summed E-state index contributed by atoms with van der Waals surface area (Å²) in [6, 6.07) is 9.61. The average Bonchev–Trinajstić information content (AvgIpc) is 2.64. The van der Waals surface area contributed by atoms with Gasteiger partial charge in [0.25, 0.3) is 5.56 Å². The predicted octanol–water partition coefficient (Wildman–Crippen LogP) is 5.04. The van der Waals surface area contributed by atoms with Crippen molar-refractivity contribution in [3.8, 4) is 16.9 Å². The van der Waals surface area contributed by atoms with E-state index in [0.29, 0.717) is 23.7 Å². The van der Waals surface area contributed by atoms with Crippen LogP contribution >= 0.6 is 0 Å². The highest BCUT2D eigenvalue weighted by atomic mass is 16.5. The maximum absolute atomic E-state index is 12.5. The van der Waals surface area contributed by atoms with Gasteiger partial charge in [-0.2, -0.15) is 0 Å². The Kier molecular flexibility index (Phi) is 6.15. The van der Waals surface area contributed by atoms with Crippen LogP contribution in [-0.2, 0) is 4.74 Å². The molecule has 2 N–H and O–H groups in total. The second-order valence-electron chi connectivity index (χ2n) is 7.49. The molecule has 140 valence electrons. The minimum atomic E-state index is -0.357. The van der Waals surface area contributed by atoms with E-state index in [0.717, 1.165) is 12.0 Å². The number of pyridine rings is 1. The van der Waals surface area contributed by atoms with Gasteiger partial charge in [0.05, 0.1) is 18.3 Å². The minimum absolute atomic E-state index is 0.0428. The van der Waals surface area contributed by atoms with Crippen molar-refractivity contribution < 1.29 is 9.84 Å². The molecule has 0 aliphatic carbocycles. The van der Waals surface area contributed by atoms with Crippen LogP contribution in [0.2, 0.25) is 0 Å². The Balaban J connectivity index is 1.82. The van der Waals surface area contributed by atoms with E-state index in [-0.39, 0.29) is 23.3 Å². The van der Waals surface area contributed by atoms with Gasteiger partial charge in [0.15, 0.2) is 0 Å². The molecule has 3 atom stereocenters. The van der Waals surface area contributed by atoms with Crippen LogP contribution in [0.4, 0.5) is 0 Å². The van der Waals surface area contributed by atoms with Crippen LogP contribution in [0.3, 0.4) is 0 Å². The Hall–Kier alpha value is -2.07. The van der Waals surface area contributed by atoms with Gasteiger partial charge in [0.1, 0.15) is 5.75 Å². The van der Waals surface area contributed by atoms with Crippen molar-refractivity contribution >= 4 is 0 Å². The molecule has 1 saturated heterocycles. The van der Waals surface area contributed by atoms with Gasteiger partial charge in [-0.05, 0) is 30.2 Å². The van der Waals surface area contributed by atoms with Crippen LogP contribution in [0.1, 0.15) is 57.6 Å². The largest absolute Gasteiger partial charge is 0.507 e. The van der Waals surface area contributed by atoms with E-state index < -0.39 is 0 Å². The summed E-state index contributed by atoms with van der Waals surface area (Å²) < 4.78 is 6.09. The fourth-order valence-corrected chi connectivity index (χ4v) is 4.01. The Morgan fingerprint density at radius 1 is 1.23 bits per heavy atom. The summed E-state index contributed by atoms with van der Waals surface area (Å²) in [4.78, 5) is 15.2. The molecule has 1 fully saturated rings. The van der Waals surface area contributed by atoms with Crippen molar-refractivity contribution in [2.24, 2.45) is 11.8 Å². The minimum Gasteiger partial charge on any atom is -0.507 e. The van der Waals surface area contributed by atoms with Crippen LogP contribution in [0.25, 0.3) is 11.1 Å². The fraction of sp³-hybridized carbons (Fsp3) is 0.500. The van der Waals surface area contributed by atoms with Crippen LogP contribution in [-0.4, -0.2) is 16.7 Å². The number of rotatable bonds is 6. The second kappa shape index (κ2) is 8.54. The molecule has 1 aliphatic rings. The molecule has 0 bridgehead atoms. The van der Waals surface area contributed by atoms with Gasteiger partial charge in [-0.3, -0.25) is 4.79 Å². The Bertz CT molecular complexity index is 769. The first kappa shape index (κ1) is 18.7. The zero-order valence-corrected chi connectivity index (χ0v) is 15.7. The van der Waals surface area contributed by atoms with Crippen molar-refractivity contribution in [1.29, 1.82) is 0 Å². The molecule has 1 aromatic heterocycles. The van der Waals surface area contributed by atoms with E-state index in [9.17, 15) is 9.90 Å². The molecule has 26 heavy (non-hydrogen) atoms. The molecular weight excluding hydrogens is 326 g/mol. The number of aromatic nitrogens is 1. The molecule has 0 saturated carbocycles. The quantitative estimate of drug-likeness (QED) is 0.714. The zero-order valence-electron chi connectivity index (χ0n) is 15.7. The van der Waals surface area contributed by atoms with Gasteiger partial charge >= 0.3 is 0 Å². The molecule has 4 heteroatoms. The van der Waals surface area contributed by atoms with E-state index in [1.165, 1.54) is 25.7 Å². The summed E-state index contributed by atoms with van der Waals surface area (Å²) in [7, 11) is 0. The molecule has 0 amide bonds. The normalized spacial score (nSPS) is 23.1. The smallest absolute Gasteiger partial charge is 0.257 e. The highest BCUT2D eigenvalue weighted by Gasteiger charge is 2.33. The number of hydrogen-bond donors (Lipinski definition) is 2. The van der Waals surface area contributed by atoms with Crippen LogP contribution in [0.15, 0.2) is 41.3 Å². The van der Waals surface area contributed by atoms with Crippen molar-refractivity contribution in [1.82, 2.24) is 4.98 Å². The third kappa shape index (κ3) is 4.01. The van der Waals surface area contributed by atoms with Crippen molar-refractivity contribution in [2.75, 3.05) is 6.61 Å². The lowest BCUT2D eigenvalue weighted by molar-refractivity contribution is -0.0566. The van der Waals surface area contributed by atoms with E-state index in [2.05, 4.69) is 18.8 Å². The number of unbranched alkanes of at least 4 members (excludes halogenated alkanes) is 2. The van der Waals surface area contributed by atoms with Crippen molar-refractivity contribution in [3.05, 3.63) is 52.4 Å². The first-order valence-electron chi connectivity index (χ1n) is 9.73. The lowest BCUT2D eigenvalue weighted by Gasteiger charge is -2.34. The number of nitrogens with one attached hydrogen (secondary N) is 1. The number of aromatic hydroxyl groups is 1. The fourth-order valence-electron chi connectivity index (χ4n) is 4.01. The van der Waals surface area contributed by atoms with E-state index in [1.807, 2.05) is 30.3 Å². The molecule has 1 aliphatic heterocycles. The highest BCUT2D eigenvalue weighted by Crippen LogP contribution is 2.41. The highest BCUT2D eigenvalue weighted by molar-refractivity contribution is 5.70. The maximum atomic E-state index is 12.5. The molecule has 0 unspecified atom stereocenters. The van der Waals surface area contributed by atoms with Gasteiger partial charge in [-0.25, -0.2) is 0 Å². The van der Waals surface area contributed by atoms with Crippen molar-refractivity contribution in [3.63, 3.8) is 0 Å². The molecule has 2 heterocycles. The monoisotopic (exact) mass is 355 g/mol. The molecule has 0 radical (unpaired) electrons. The van der Waals surface area contributed by atoms with Crippen molar-refractivity contribution in [2.45, 2.75) is 52.1 Å². The first-order chi connectivity index (χ1) is 12.6. The Labute approximate surface area is 155 Å². The molecule has 4 nitrogen and oxygen atoms in total. The Morgan fingerprint density at radius 3 is 2.69 bits per heavy atom. The molecule has 2 aromatic rings. The SMILES string of the molecule is CCCCC[C@H]1CO[C@@H](c2c(O)c(-c3ccccc3)c[nH]c2=O)[C@H](C)C1. The molecule has 0 spiro atoms. The van der Waals surface area contributed by atoms with Gasteiger partial charge < -0.3 is 14.8 Å². The maximum Gasteiger partial charge on any atom is 0.257 e. The van der Waals surface area contributed by atoms with Crippen LogP contribution in [0, 0.1) is 11.8 Å². The average molecular weight is 355 g/mol. The summed E-state index contributed by atoms with van der Waals surface area (Å²) in [5, 5.41) is 10.8. The summed E-state index contributed by atoms with van der Waals surface area (Å²) in [6.45, 7) is 4.99. The summed E-state index contributed by atoms with van der Waals surface area (Å²) in [5.41, 5.74) is 1.62. The topological polar surface area (TPSA) is 62.3 Å². The first-order valence-corrected chi connectivity index (χ1v) is 9.73. The summed E-state index contributed by atoms with van der Waals surface area (Å²) in [6.07, 6.45) is 7.15. The number of H-pyrrole nitrogens is 1. The molecular formula is C22H29NO3. The summed E-state index contributed by atoms with van der Waals surface area (Å²) in [5.74, 6) is 0.793. The zero-order chi connectivity index (χ0) is 18.5. The molecule has 1 aromatic carbocycles. The van der Waals surface area contributed by atoms with E-state index in [1.54, 1.807) is 6.20 Å². The third-order valence-corrected chi connectivity index (χ3v) is 5.42. The van der Waals surface area contributed by atoms with Gasteiger partial charge in [0.2, 0.25) is 0 Å². The van der Waals surface area contributed by atoms with Gasteiger partial charge in [-0.15, -0.1) is 0 Å². The standard InChI is InChI=1S/C22H29NO3/c1-3-4-6-9-16-12-15(2)21(26-14-16)19-20(24)18(13-23-22(19)25)17-10-7-5-8-11-17/h5,7-8,10-11,13,15-16,21H,3-4,6,9,12,14H2,1-2H3,(H2,23,24,25)/t15-,16-,21-/m1/s1. The molecule has 3 rings (SSSR count). The van der Waals surface area contributed by atoms with Crippen LogP contribution < -0.4 is 5.56 Å². The summed E-state index contributed by atoms with van der Waals surface area (Å²) >= 11 is 0. The van der Waals surface area contributed by atoms with Gasteiger partial charge in [0, 0.05) is 11.8 Å². The lowest BCUT2D eigenvalue weighted by atomic mass is 9.83. The Morgan fingerprint density at radius 2 is 2.00 bits per heavy atom. The number of hydrogen-bond acceptors (Lipinski definition) is 3. The number of benzene rings is 1. The third-order valence-electron chi connectivity index (χ3n) is 5.42. The van der Waals surface area contributed by atoms with Crippen LogP contribution in [0.5, 0.6) is 5.75 Å². The lowest BCUT2D eigenvalue weighted by Crippen LogP contribution is -2.31. The van der Waals surface area contributed by atoms with Gasteiger partial charge in [-0.1, -0.05) is 63.4 Å². The number of ether oxygens (including phenoxy) is 1. The second-order valence-corrected chi connectivity index (χ2v) is 7.49.